The number of pyridine rings is 1. The number of anilines is 1. The zero-order valence-corrected chi connectivity index (χ0v) is 14.0. The molecule has 23 heavy (non-hydrogen) atoms. The van der Waals surface area contributed by atoms with Gasteiger partial charge >= 0.3 is 0 Å². The second-order valence-corrected chi connectivity index (χ2v) is 6.50. The van der Waals surface area contributed by atoms with E-state index in [-0.39, 0.29) is 12.0 Å². The summed E-state index contributed by atoms with van der Waals surface area (Å²) in [5.74, 6) is 0.0670. The molecule has 5 heteroatoms. The van der Waals surface area contributed by atoms with E-state index in [9.17, 15) is 4.79 Å². The zero-order valence-electron chi connectivity index (χ0n) is 14.0. The van der Waals surface area contributed by atoms with Crippen LogP contribution in [0.1, 0.15) is 55.9 Å². The lowest BCUT2D eigenvalue weighted by Gasteiger charge is -2.35. The molecule has 2 aliphatic rings. The number of nitrogens with one attached hydrogen (secondary N) is 1. The third-order valence-corrected chi connectivity index (χ3v) is 4.90. The predicted octanol–water partition coefficient (Wildman–Crippen LogP) is 3.08. The number of carbonyl (C=O) groups excluding carboxylic acids is 1. The number of hydrogen-bond donors (Lipinski definition) is 1. The van der Waals surface area contributed by atoms with Crippen molar-refractivity contribution < 1.29 is 9.53 Å². The average Bonchev–Trinajstić information content (AvgIpc) is 3.13. The molecule has 2 unspecified atom stereocenters. The van der Waals surface area contributed by atoms with Gasteiger partial charge in [-0.25, -0.2) is 0 Å². The average molecular weight is 317 g/mol. The van der Waals surface area contributed by atoms with Gasteiger partial charge in [0.15, 0.2) is 0 Å². The third kappa shape index (κ3) is 4.02. The van der Waals surface area contributed by atoms with Crippen LogP contribution in [0, 0.1) is 0 Å². The van der Waals surface area contributed by atoms with Gasteiger partial charge in [-0.15, -0.1) is 0 Å². The fourth-order valence-electron chi connectivity index (χ4n) is 3.53. The first-order valence-corrected chi connectivity index (χ1v) is 8.90. The van der Waals surface area contributed by atoms with Crippen molar-refractivity contribution in [3.8, 4) is 0 Å². The van der Waals surface area contributed by atoms with Crippen LogP contribution in [0.2, 0.25) is 0 Å². The second kappa shape index (κ2) is 7.77. The van der Waals surface area contributed by atoms with E-state index < -0.39 is 0 Å². The fraction of sp³-hybridized carbons (Fsp3) is 0.667. The molecule has 0 saturated carbocycles. The van der Waals surface area contributed by atoms with Crippen LogP contribution in [0.15, 0.2) is 18.3 Å². The highest BCUT2D eigenvalue weighted by molar-refractivity contribution is 5.93. The van der Waals surface area contributed by atoms with Gasteiger partial charge in [0, 0.05) is 37.6 Å². The lowest BCUT2D eigenvalue weighted by atomic mass is 9.99. The van der Waals surface area contributed by atoms with Gasteiger partial charge < -0.3 is 15.0 Å². The molecular weight excluding hydrogens is 290 g/mol. The molecule has 5 nitrogen and oxygen atoms in total. The predicted molar refractivity (Wildman–Crippen MR) is 90.7 cm³/mol. The molecule has 0 aliphatic carbocycles. The van der Waals surface area contributed by atoms with E-state index in [0.29, 0.717) is 11.7 Å². The Bertz CT molecular complexity index is 529. The summed E-state index contributed by atoms with van der Waals surface area (Å²) >= 11 is 0. The van der Waals surface area contributed by atoms with Crippen LogP contribution in [0.25, 0.3) is 0 Å². The van der Waals surface area contributed by atoms with Crippen molar-refractivity contribution in [1.29, 1.82) is 0 Å². The summed E-state index contributed by atoms with van der Waals surface area (Å²) in [6, 6.07) is 4.15. The normalized spacial score (nSPS) is 24.7. The van der Waals surface area contributed by atoms with Crippen molar-refractivity contribution in [1.82, 2.24) is 9.88 Å². The minimum Gasteiger partial charge on any atom is -0.382 e. The smallest absolute Gasteiger partial charge is 0.272 e. The maximum atomic E-state index is 12.8. The SMILES string of the molecule is CCC1CCCCN1C(=O)c1cc(NCC2CCCO2)ccn1. The van der Waals surface area contributed by atoms with Gasteiger partial charge in [0.2, 0.25) is 0 Å². The number of aromatic nitrogens is 1. The Morgan fingerprint density at radius 3 is 3.09 bits per heavy atom. The van der Waals surface area contributed by atoms with Crippen molar-refractivity contribution >= 4 is 11.6 Å². The number of rotatable bonds is 5. The van der Waals surface area contributed by atoms with Crippen LogP contribution < -0.4 is 5.32 Å². The van der Waals surface area contributed by atoms with E-state index in [4.69, 9.17) is 4.74 Å². The van der Waals surface area contributed by atoms with Crippen molar-refractivity contribution in [2.75, 3.05) is 25.0 Å². The number of likely N-dealkylation sites (tertiary alicyclic amines) is 1. The molecule has 0 radical (unpaired) electrons. The van der Waals surface area contributed by atoms with Gasteiger partial charge in [-0.05, 0) is 50.7 Å². The Hall–Kier alpha value is -1.62. The Labute approximate surface area is 138 Å². The molecule has 0 spiro atoms. The van der Waals surface area contributed by atoms with Crippen LogP contribution in [-0.4, -0.2) is 47.6 Å². The summed E-state index contributed by atoms with van der Waals surface area (Å²) in [5, 5.41) is 3.37. The molecule has 0 bridgehead atoms. The van der Waals surface area contributed by atoms with E-state index in [1.54, 1.807) is 6.20 Å². The number of amides is 1. The number of ether oxygens (including phenoxy) is 1. The highest BCUT2D eigenvalue weighted by atomic mass is 16.5. The lowest BCUT2D eigenvalue weighted by Crippen LogP contribution is -2.43. The summed E-state index contributed by atoms with van der Waals surface area (Å²) in [6.07, 6.45) is 8.69. The van der Waals surface area contributed by atoms with Gasteiger partial charge in [-0.1, -0.05) is 6.92 Å². The number of hydrogen-bond acceptors (Lipinski definition) is 4. The van der Waals surface area contributed by atoms with Crippen LogP contribution >= 0.6 is 0 Å². The monoisotopic (exact) mass is 317 g/mol. The van der Waals surface area contributed by atoms with Crippen LogP contribution in [0.3, 0.4) is 0 Å². The van der Waals surface area contributed by atoms with Gasteiger partial charge in [-0.2, -0.15) is 0 Å². The quantitative estimate of drug-likeness (QED) is 0.907. The fourth-order valence-corrected chi connectivity index (χ4v) is 3.53. The molecule has 1 N–H and O–H groups in total. The van der Waals surface area contributed by atoms with Crippen molar-refractivity contribution in [3.05, 3.63) is 24.0 Å². The first-order valence-electron chi connectivity index (χ1n) is 8.90. The van der Waals surface area contributed by atoms with Crippen LogP contribution in [0.4, 0.5) is 5.69 Å². The molecule has 2 fully saturated rings. The first-order chi connectivity index (χ1) is 11.3. The maximum Gasteiger partial charge on any atom is 0.272 e. The van der Waals surface area contributed by atoms with E-state index in [1.165, 1.54) is 6.42 Å². The topological polar surface area (TPSA) is 54.5 Å². The van der Waals surface area contributed by atoms with E-state index in [1.807, 2.05) is 17.0 Å². The Kier molecular flexibility index (Phi) is 5.49. The summed E-state index contributed by atoms with van der Waals surface area (Å²) in [5.41, 5.74) is 1.49. The summed E-state index contributed by atoms with van der Waals surface area (Å²) < 4.78 is 5.62. The Morgan fingerprint density at radius 1 is 1.39 bits per heavy atom. The zero-order chi connectivity index (χ0) is 16.1. The van der Waals surface area contributed by atoms with E-state index >= 15 is 0 Å². The van der Waals surface area contributed by atoms with E-state index in [2.05, 4.69) is 17.2 Å². The van der Waals surface area contributed by atoms with Gasteiger partial charge in [0.05, 0.1) is 6.10 Å². The van der Waals surface area contributed by atoms with Crippen molar-refractivity contribution in [2.45, 2.75) is 57.6 Å². The molecule has 1 aromatic heterocycles. The highest BCUT2D eigenvalue weighted by Crippen LogP contribution is 2.22. The molecule has 1 amide bonds. The van der Waals surface area contributed by atoms with Crippen LogP contribution in [0.5, 0.6) is 0 Å². The first kappa shape index (κ1) is 16.2. The summed E-state index contributed by atoms with van der Waals surface area (Å²) in [4.78, 5) is 19.1. The second-order valence-electron chi connectivity index (χ2n) is 6.50. The maximum absolute atomic E-state index is 12.8. The minimum absolute atomic E-state index is 0.0670. The third-order valence-electron chi connectivity index (χ3n) is 4.90. The molecule has 1 aromatic rings. The van der Waals surface area contributed by atoms with E-state index in [0.717, 1.165) is 57.5 Å². The van der Waals surface area contributed by atoms with Crippen LogP contribution in [-0.2, 0) is 4.74 Å². The molecule has 126 valence electrons. The number of carbonyl (C=O) groups is 1. The Balaban J connectivity index is 1.64. The minimum atomic E-state index is 0.0670. The number of nitrogens with zero attached hydrogens (tertiary/aromatic N) is 2. The molecule has 2 atom stereocenters. The summed E-state index contributed by atoms with van der Waals surface area (Å²) in [7, 11) is 0. The van der Waals surface area contributed by atoms with Gasteiger partial charge in [-0.3, -0.25) is 9.78 Å². The van der Waals surface area contributed by atoms with Crippen molar-refractivity contribution in [2.24, 2.45) is 0 Å². The largest absolute Gasteiger partial charge is 0.382 e. The lowest BCUT2D eigenvalue weighted by molar-refractivity contribution is 0.0602. The molecule has 3 rings (SSSR count). The van der Waals surface area contributed by atoms with Crippen molar-refractivity contribution in [3.63, 3.8) is 0 Å². The standard InChI is InChI=1S/C18H27N3O2/c1-2-15-6-3-4-10-21(15)18(22)17-12-14(8-9-19-17)20-13-16-7-5-11-23-16/h8-9,12,15-16H,2-7,10-11,13H2,1H3,(H,19,20). The van der Waals surface area contributed by atoms with Gasteiger partial charge in [0.25, 0.3) is 5.91 Å². The highest BCUT2D eigenvalue weighted by Gasteiger charge is 2.27. The molecule has 0 aromatic carbocycles. The van der Waals surface area contributed by atoms with Gasteiger partial charge in [0.1, 0.15) is 5.69 Å². The Morgan fingerprint density at radius 2 is 2.30 bits per heavy atom. The number of piperidine rings is 1. The molecule has 2 aliphatic heterocycles. The molecule has 3 heterocycles. The molecular formula is C18H27N3O2. The molecule has 2 saturated heterocycles. The summed E-state index contributed by atoms with van der Waals surface area (Å²) in [6.45, 7) is 4.66.